The minimum atomic E-state index is 0.420. The lowest BCUT2D eigenvalue weighted by Gasteiger charge is -2.27. The van der Waals surface area contributed by atoms with Gasteiger partial charge in [0.1, 0.15) is 5.75 Å². The van der Waals surface area contributed by atoms with E-state index in [4.69, 9.17) is 17.0 Å². The van der Waals surface area contributed by atoms with E-state index < -0.39 is 0 Å². The molecule has 0 saturated carbocycles. The van der Waals surface area contributed by atoms with E-state index in [1.54, 1.807) is 18.4 Å². The number of rotatable bonds is 3. The maximum absolute atomic E-state index is 5.60. The van der Waals surface area contributed by atoms with Crippen molar-refractivity contribution < 1.29 is 4.74 Å². The van der Waals surface area contributed by atoms with Gasteiger partial charge in [0.05, 0.1) is 13.2 Å². The van der Waals surface area contributed by atoms with Gasteiger partial charge in [0, 0.05) is 17.1 Å². The average molecular weight is 318 g/mol. The molecule has 2 heterocycles. The van der Waals surface area contributed by atoms with E-state index in [9.17, 15) is 0 Å². The third-order valence-corrected chi connectivity index (χ3v) is 5.04. The number of likely N-dealkylation sites (tertiary alicyclic amines) is 1. The van der Waals surface area contributed by atoms with Crippen molar-refractivity contribution in [1.82, 2.24) is 4.90 Å². The molecule has 0 aliphatic carbocycles. The highest BCUT2D eigenvalue weighted by Gasteiger charge is 2.28. The molecule has 1 fully saturated rings. The second-order valence-electron chi connectivity index (χ2n) is 5.03. The molecule has 5 heteroatoms. The number of nitrogens with zero attached hydrogens (tertiary/aromatic N) is 1. The number of benzene rings is 1. The minimum Gasteiger partial charge on any atom is -0.497 e. The van der Waals surface area contributed by atoms with Crippen LogP contribution in [0.4, 0.5) is 5.69 Å². The van der Waals surface area contributed by atoms with Gasteiger partial charge in [-0.2, -0.15) is 0 Å². The Hall–Kier alpha value is -1.59. The summed E-state index contributed by atoms with van der Waals surface area (Å²) in [6, 6.07) is 12.6. The van der Waals surface area contributed by atoms with Gasteiger partial charge in [0.25, 0.3) is 0 Å². The maximum Gasteiger partial charge on any atom is 0.173 e. The molecule has 1 aromatic heterocycles. The van der Waals surface area contributed by atoms with Crippen LogP contribution in [0.1, 0.15) is 23.8 Å². The highest BCUT2D eigenvalue weighted by Crippen LogP contribution is 2.34. The molecule has 21 heavy (non-hydrogen) atoms. The Labute approximate surface area is 134 Å². The summed E-state index contributed by atoms with van der Waals surface area (Å²) in [6.07, 6.45) is 2.36. The van der Waals surface area contributed by atoms with Gasteiger partial charge in [0.2, 0.25) is 0 Å². The summed E-state index contributed by atoms with van der Waals surface area (Å²) >= 11 is 7.40. The van der Waals surface area contributed by atoms with Gasteiger partial charge < -0.3 is 15.0 Å². The van der Waals surface area contributed by atoms with Crippen LogP contribution in [0, 0.1) is 0 Å². The van der Waals surface area contributed by atoms with Crippen molar-refractivity contribution in [2.45, 2.75) is 18.9 Å². The molecule has 110 valence electrons. The first-order chi connectivity index (χ1) is 10.3. The molecule has 1 aliphatic heterocycles. The van der Waals surface area contributed by atoms with E-state index in [0.717, 1.165) is 23.1 Å². The lowest BCUT2D eigenvalue weighted by atomic mass is 10.2. The van der Waals surface area contributed by atoms with Crippen molar-refractivity contribution >= 4 is 34.4 Å². The van der Waals surface area contributed by atoms with Gasteiger partial charge in [-0.05, 0) is 60.8 Å². The van der Waals surface area contributed by atoms with E-state index in [2.05, 4.69) is 27.7 Å². The van der Waals surface area contributed by atoms with Crippen molar-refractivity contribution in [1.29, 1.82) is 0 Å². The van der Waals surface area contributed by atoms with E-state index in [1.807, 2.05) is 24.3 Å². The highest BCUT2D eigenvalue weighted by molar-refractivity contribution is 7.80. The van der Waals surface area contributed by atoms with Gasteiger partial charge in [-0.1, -0.05) is 6.07 Å². The monoisotopic (exact) mass is 318 g/mol. The van der Waals surface area contributed by atoms with Gasteiger partial charge in [-0.15, -0.1) is 11.3 Å². The molecule has 3 nitrogen and oxygen atoms in total. The predicted molar refractivity (Wildman–Crippen MR) is 92.2 cm³/mol. The largest absolute Gasteiger partial charge is 0.497 e. The Morgan fingerprint density at radius 3 is 2.81 bits per heavy atom. The molecule has 0 unspecified atom stereocenters. The molecule has 0 bridgehead atoms. The standard InChI is InChI=1S/C16H18N2OS2/c1-19-13-8-6-12(7-9-13)17-16(20)18-10-2-4-14(18)15-5-3-11-21-15/h3,5-9,11,14H,2,4,10H2,1H3,(H,17,20)/t14-/m1/s1. The molecule has 1 atom stereocenters. The molecule has 0 amide bonds. The molecule has 0 radical (unpaired) electrons. The fraction of sp³-hybridized carbons (Fsp3) is 0.312. The molecule has 1 saturated heterocycles. The maximum atomic E-state index is 5.60. The molecule has 3 rings (SSSR count). The number of methoxy groups -OCH3 is 1. The highest BCUT2D eigenvalue weighted by atomic mass is 32.1. The van der Waals surface area contributed by atoms with E-state index in [1.165, 1.54) is 17.7 Å². The van der Waals surface area contributed by atoms with Crippen LogP contribution >= 0.6 is 23.6 Å². The molecule has 1 aliphatic rings. The average Bonchev–Trinajstić information content (AvgIpc) is 3.18. The Morgan fingerprint density at radius 2 is 2.14 bits per heavy atom. The van der Waals surface area contributed by atoms with Crippen LogP contribution in [0.25, 0.3) is 0 Å². The van der Waals surface area contributed by atoms with Crippen LogP contribution in [0.15, 0.2) is 41.8 Å². The first-order valence-corrected chi connectivity index (χ1v) is 8.32. The summed E-state index contributed by atoms with van der Waals surface area (Å²) in [5.74, 6) is 0.851. The van der Waals surface area contributed by atoms with E-state index in [-0.39, 0.29) is 0 Å². The SMILES string of the molecule is COc1ccc(NC(=S)N2CCC[C@@H]2c2cccs2)cc1. The van der Waals surface area contributed by atoms with Crippen molar-refractivity contribution in [3.8, 4) is 5.75 Å². The van der Waals surface area contributed by atoms with Crippen molar-refractivity contribution in [3.63, 3.8) is 0 Å². The van der Waals surface area contributed by atoms with E-state index >= 15 is 0 Å². The summed E-state index contributed by atoms with van der Waals surface area (Å²) in [4.78, 5) is 3.69. The number of thiocarbonyl (C=S) groups is 1. The second kappa shape index (κ2) is 6.45. The zero-order valence-corrected chi connectivity index (χ0v) is 13.5. The summed E-state index contributed by atoms with van der Waals surface area (Å²) in [5, 5.41) is 6.27. The first-order valence-electron chi connectivity index (χ1n) is 7.03. The summed E-state index contributed by atoms with van der Waals surface area (Å²) in [5.41, 5.74) is 0.998. The van der Waals surface area contributed by atoms with Gasteiger partial charge >= 0.3 is 0 Å². The summed E-state index contributed by atoms with van der Waals surface area (Å²) < 4.78 is 5.17. The number of thiophene rings is 1. The number of anilines is 1. The smallest absolute Gasteiger partial charge is 0.173 e. The van der Waals surface area contributed by atoms with Gasteiger partial charge in [-0.25, -0.2) is 0 Å². The number of hydrogen-bond acceptors (Lipinski definition) is 3. The predicted octanol–water partition coefficient (Wildman–Crippen LogP) is 4.29. The topological polar surface area (TPSA) is 24.5 Å². The van der Waals surface area contributed by atoms with Gasteiger partial charge in [0.15, 0.2) is 5.11 Å². The third kappa shape index (κ3) is 3.19. The van der Waals surface area contributed by atoms with Crippen LogP contribution in [-0.2, 0) is 0 Å². The lowest BCUT2D eigenvalue weighted by molar-refractivity contribution is 0.411. The quantitative estimate of drug-likeness (QED) is 0.853. The Kier molecular flexibility index (Phi) is 4.41. The van der Waals surface area contributed by atoms with Crippen LogP contribution < -0.4 is 10.1 Å². The molecular weight excluding hydrogens is 300 g/mol. The van der Waals surface area contributed by atoms with Crippen molar-refractivity contribution in [2.24, 2.45) is 0 Å². The Balaban J connectivity index is 1.69. The van der Waals surface area contributed by atoms with Gasteiger partial charge in [-0.3, -0.25) is 0 Å². The van der Waals surface area contributed by atoms with Crippen molar-refractivity contribution in [2.75, 3.05) is 19.0 Å². The number of hydrogen-bond donors (Lipinski definition) is 1. The fourth-order valence-corrected chi connectivity index (χ4v) is 3.87. The molecule has 1 aromatic carbocycles. The fourth-order valence-electron chi connectivity index (χ4n) is 2.66. The first kappa shape index (κ1) is 14.4. The van der Waals surface area contributed by atoms with Crippen LogP contribution in [-0.4, -0.2) is 23.7 Å². The Bertz CT molecular complexity index is 595. The Morgan fingerprint density at radius 1 is 1.33 bits per heavy atom. The van der Waals surface area contributed by atoms with Crippen molar-refractivity contribution in [3.05, 3.63) is 46.7 Å². The number of ether oxygens (including phenoxy) is 1. The number of nitrogens with one attached hydrogen (secondary N) is 1. The zero-order valence-electron chi connectivity index (χ0n) is 11.9. The zero-order chi connectivity index (χ0) is 14.7. The van der Waals surface area contributed by atoms with Crippen LogP contribution in [0.2, 0.25) is 0 Å². The second-order valence-corrected chi connectivity index (χ2v) is 6.39. The molecule has 1 N–H and O–H groups in total. The molecule has 0 spiro atoms. The summed E-state index contributed by atoms with van der Waals surface area (Å²) in [6.45, 7) is 1.02. The normalized spacial score (nSPS) is 17.8. The minimum absolute atomic E-state index is 0.420. The van der Waals surface area contributed by atoms with E-state index in [0.29, 0.717) is 6.04 Å². The lowest BCUT2D eigenvalue weighted by Crippen LogP contribution is -2.33. The molecule has 2 aromatic rings. The van der Waals surface area contributed by atoms with Crippen LogP contribution in [0.5, 0.6) is 5.75 Å². The molecular formula is C16H18N2OS2. The third-order valence-electron chi connectivity index (χ3n) is 3.73. The van der Waals surface area contributed by atoms with Crippen LogP contribution in [0.3, 0.4) is 0 Å². The summed E-state index contributed by atoms with van der Waals surface area (Å²) in [7, 11) is 1.67.